The maximum absolute atomic E-state index is 13.7. The van der Waals surface area contributed by atoms with Gasteiger partial charge < -0.3 is 5.73 Å². The van der Waals surface area contributed by atoms with Crippen molar-refractivity contribution in [3.05, 3.63) is 71.6 Å². The van der Waals surface area contributed by atoms with Crippen molar-refractivity contribution in [2.45, 2.75) is 6.04 Å². The molecule has 3 nitrogen and oxygen atoms in total. The summed E-state index contributed by atoms with van der Waals surface area (Å²) in [6.07, 6.45) is 1.48. The molecule has 0 bridgehead atoms. The molecule has 2 aromatic carbocycles. The van der Waals surface area contributed by atoms with Crippen molar-refractivity contribution in [2.75, 3.05) is 0 Å². The van der Waals surface area contributed by atoms with Crippen LogP contribution in [-0.4, -0.2) is 9.97 Å². The molecule has 2 N–H and O–H groups in total. The van der Waals surface area contributed by atoms with Gasteiger partial charge in [-0.2, -0.15) is 0 Å². The van der Waals surface area contributed by atoms with Gasteiger partial charge in [-0.1, -0.05) is 12.1 Å². The minimum absolute atomic E-state index is 0.0644. The van der Waals surface area contributed by atoms with Gasteiger partial charge in [0.2, 0.25) is 0 Å². The number of rotatable bonds is 2. The molecule has 1 aromatic heterocycles. The lowest BCUT2D eigenvalue weighted by molar-refractivity contribution is 0.574. The fourth-order valence-electron chi connectivity index (χ4n) is 2.03. The number of nitrogens with two attached hydrogens (primary N) is 1. The van der Waals surface area contributed by atoms with Crippen LogP contribution in [0, 0.1) is 11.6 Å². The lowest BCUT2D eigenvalue weighted by Gasteiger charge is -2.12. The maximum Gasteiger partial charge on any atom is 0.128 e. The molecular formula is C15H11F2N3. The van der Waals surface area contributed by atoms with Crippen molar-refractivity contribution in [1.29, 1.82) is 0 Å². The topological polar surface area (TPSA) is 51.8 Å². The molecule has 0 aliphatic carbocycles. The van der Waals surface area contributed by atoms with Gasteiger partial charge in [-0.15, -0.1) is 0 Å². The predicted molar refractivity (Wildman–Crippen MR) is 71.9 cm³/mol. The highest BCUT2D eigenvalue weighted by atomic mass is 19.1. The largest absolute Gasteiger partial charge is 0.319 e. The standard InChI is InChI=1S/C15H11F2N3/c16-9-5-6-11(17)10(7-9)15(18)14-8-19-12-3-1-2-4-13(12)20-14/h1-8,15H,18H2. The van der Waals surface area contributed by atoms with Gasteiger partial charge in [0.25, 0.3) is 0 Å². The van der Waals surface area contributed by atoms with Gasteiger partial charge >= 0.3 is 0 Å². The van der Waals surface area contributed by atoms with Crippen LogP contribution in [0.3, 0.4) is 0 Å². The average Bonchev–Trinajstić information content (AvgIpc) is 2.48. The van der Waals surface area contributed by atoms with Gasteiger partial charge in [0, 0.05) is 5.56 Å². The first kappa shape index (κ1) is 12.6. The molecule has 1 atom stereocenters. The van der Waals surface area contributed by atoms with Crippen LogP contribution in [0.1, 0.15) is 17.3 Å². The number of nitrogens with zero attached hydrogens (tertiary/aromatic N) is 2. The van der Waals surface area contributed by atoms with Gasteiger partial charge in [-0.05, 0) is 30.3 Å². The lowest BCUT2D eigenvalue weighted by atomic mass is 10.0. The second kappa shape index (κ2) is 4.94. The Morgan fingerprint density at radius 3 is 2.55 bits per heavy atom. The summed E-state index contributed by atoms with van der Waals surface area (Å²) in [5, 5.41) is 0. The summed E-state index contributed by atoms with van der Waals surface area (Å²) in [4.78, 5) is 8.57. The van der Waals surface area contributed by atoms with Gasteiger partial charge in [0.1, 0.15) is 11.6 Å². The molecule has 0 spiro atoms. The summed E-state index contributed by atoms with van der Waals surface area (Å²) in [6.45, 7) is 0. The van der Waals surface area contributed by atoms with E-state index in [0.717, 1.165) is 23.7 Å². The first-order valence-corrected chi connectivity index (χ1v) is 6.07. The number of para-hydroxylation sites is 2. The van der Waals surface area contributed by atoms with E-state index in [4.69, 9.17) is 5.73 Å². The molecule has 100 valence electrons. The molecule has 3 rings (SSSR count). The van der Waals surface area contributed by atoms with Crippen LogP contribution in [0.25, 0.3) is 11.0 Å². The van der Waals surface area contributed by atoms with E-state index in [2.05, 4.69) is 9.97 Å². The maximum atomic E-state index is 13.7. The molecule has 0 fully saturated rings. The van der Waals surface area contributed by atoms with Crippen molar-refractivity contribution in [3.63, 3.8) is 0 Å². The minimum Gasteiger partial charge on any atom is -0.319 e. The van der Waals surface area contributed by atoms with E-state index in [9.17, 15) is 8.78 Å². The zero-order valence-electron chi connectivity index (χ0n) is 10.4. The molecule has 0 saturated carbocycles. The third-order valence-corrected chi connectivity index (χ3v) is 3.08. The monoisotopic (exact) mass is 271 g/mol. The Kier molecular flexibility index (Phi) is 3.12. The zero-order valence-corrected chi connectivity index (χ0v) is 10.4. The van der Waals surface area contributed by atoms with Crippen LogP contribution in [0.15, 0.2) is 48.7 Å². The van der Waals surface area contributed by atoms with Gasteiger partial charge in [-0.3, -0.25) is 4.98 Å². The fraction of sp³-hybridized carbons (Fsp3) is 0.0667. The third kappa shape index (κ3) is 2.23. The van der Waals surface area contributed by atoms with Crippen molar-refractivity contribution in [3.8, 4) is 0 Å². The molecule has 5 heteroatoms. The van der Waals surface area contributed by atoms with E-state index in [1.165, 1.54) is 6.20 Å². The Hall–Kier alpha value is -2.40. The van der Waals surface area contributed by atoms with Crippen LogP contribution in [0.4, 0.5) is 8.78 Å². The van der Waals surface area contributed by atoms with Crippen molar-refractivity contribution < 1.29 is 8.78 Å². The lowest BCUT2D eigenvalue weighted by Crippen LogP contribution is -2.16. The SMILES string of the molecule is NC(c1cnc2ccccc2n1)c1cc(F)ccc1F. The molecule has 3 aromatic rings. The molecule has 1 unspecified atom stereocenters. The van der Waals surface area contributed by atoms with Crippen LogP contribution >= 0.6 is 0 Å². The number of hydrogen-bond donors (Lipinski definition) is 1. The van der Waals surface area contributed by atoms with E-state index in [1.807, 2.05) is 18.2 Å². The van der Waals surface area contributed by atoms with Crippen LogP contribution < -0.4 is 5.73 Å². The quantitative estimate of drug-likeness (QED) is 0.779. The summed E-state index contributed by atoms with van der Waals surface area (Å²) >= 11 is 0. The van der Waals surface area contributed by atoms with Crippen LogP contribution in [0.5, 0.6) is 0 Å². The summed E-state index contributed by atoms with van der Waals surface area (Å²) in [6, 6.07) is 9.62. The Balaban J connectivity index is 2.07. The molecule has 0 radical (unpaired) electrons. The van der Waals surface area contributed by atoms with Gasteiger partial charge in [-0.25, -0.2) is 13.8 Å². The Morgan fingerprint density at radius 2 is 1.75 bits per heavy atom. The van der Waals surface area contributed by atoms with Crippen molar-refractivity contribution >= 4 is 11.0 Å². The van der Waals surface area contributed by atoms with Gasteiger partial charge in [0.05, 0.1) is 29.0 Å². The molecule has 0 amide bonds. The summed E-state index contributed by atoms with van der Waals surface area (Å²) < 4.78 is 26.9. The van der Waals surface area contributed by atoms with Crippen molar-refractivity contribution in [2.24, 2.45) is 5.73 Å². The van der Waals surface area contributed by atoms with E-state index >= 15 is 0 Å². The van der Waals surface area contributed by atoms with E-state index in [0.29, 0.717) is 11.2 Å². The second-order valence-electron chi connectivity index (χ2n) is 4.43. The molecule has 0 aliphatic rings. The number of halogens is 2. The molecule has 0 saturated heterocycles. The molecule has 1 heterocycles. The van der Waals surface area contributed by atoms with Gasteiger partial charge in [0.15, 0.2) is 0 Å². The number of hydrogen-bond acceptors (Lipinski definition) is 3. The highest BCUT2D eigenvalue weighted by Crippen LogP contribution is 2.22. The highest BCUT2D eigenvalue weighted by molar-refractivity contribution is 5.73. The van der Waals surface area contributed by atoms with Crippen LogP contribution in [-0.2, 0) is 0 Å². The van der Waals surface area contributed by atoms with Crippen LogP contribution in [0.2, 0.25) is 0 Å². The average molecular weight is 271 g/mol. The van der Waals surface area contributed by atoms with E-state index < -0.39 is 17.7 Å². The number of aromatic nitrogens is 2. The summed E-state index contributed by atoms with van der Waals surface area (Å²) in [7, 11) is 0. The first-order valence-electron chi connectivity index (χ1n) is 6.07. The third-order valence-electron chi connectivity index (χ3n) is 3.08. The summed E-state index contributed by atoms with van der Waals surface area (Å²) in [5.74, 6) is -1.10. The minimum atomic E-state index is -0.859. The van der Waals surface area contributed by atoms with Crippen molar-refractivity contribution in [1.82, 2.24) is 9.97 Å². The molecule has 20 heavy (non-hydrogen) atoms. The van der Waals surface area contributed by atoms with E-state index in [-0.39, 0.29) is 5.56 Å². The van der Waals surface area contributed by atoms with E-state index in [1.54, 1.807) is 6.07 Å². The predicted octanol–water partition coefficient (Wildman–Crippen LogP) is 2.96. The Bertz CT molecular complexity index is 774. The first-order chi connectivity index (χ1) is 9.65. The molecule has 0 aliphatic heterocycles. The molecular weight excluding hydrogens is 260 g/mol. The Labute approximate surface area is 114 Å². The smallest absolute Gasteiger partial charge is 0.128 e. The number of benzene rings is 2. The zero-order chi connectivity index (χ0) is 14.1. The second-order valence-corrected chi connectivity index (χ2v) is 4.43. The highest BCUT2D eigenvalue weighted by Gasteiger charge is 2.16. The number of fused-ring (bicyclic) bond motifs is 1. The normalized spacial score (nSPS) is 12.6. The fourth-order valence-corrected chi connectivity index (χ4v) is 2.03. The summed E-state index contributed by atoms with van der Waals surface area (Å²) in [5.41, 5.74) is 7.82. The Morgan fingerprint density at radius 1 is 1.00 bits per heavy atom.